The highest BCUT2D eigenvalue weighted by molar-refractivity contribution is 5.87. The van der Waals surface area contributed by atoms with Crippen molar-refractivity contribution < 1.29 is 19.4 Å². The van der Waals surface area contributed by atoms with Crippen molar-refractivity contribution in [3.05, 3.63) is 35.9 Å². The summed E-state index contributed by atoms with van der Waals surface area (Å²) in [5.74, 6) is -0.150. The van der Waals surface area contributed by atoms with Crippen LogP contribution >= 0.6 is 0 Å². The summed E-state index contributed by atoms with van der Waals surface area (Å²) in [7, 11) is 0. The van der Waals surface area contributed by atoms with Gasteiger partial charge in [0.2, 0.25) is 5.91 Å². The van der Waals surface area contributed by atoms with Crippen LogP contribution in [0.2, 0.25) is 0 Å². The Kier molecular flexibility index (Phi) is 7.88. The third-order valence-electron chi connectivity index (χ3n) is 4.69. The Morgan fingerprint density at radius 3 is 2.36 bits per heavy atom. The molecule has 138 valence electrons. The number of benzene rings is 1. The Labute approximate surface area is 150 Å². The first-order valence-corrected chi connectivity index (χ1v) is 9.36. The van der Waals surface area contributed by atoms with E-state index in [0.717, 1.165) is 39.1 Å². The predicted molar refractivity (Wildman–Crippen MR) is 97.3 cm³/mol. The van der Waals surface area contributed by atoms with Gasteiger partial charge < -0.3 is 20.4 Å². The zero-order valence-electron chi connectivity index (χ0n) is 15.4. The predicted octanol–water partition coefficient (Wildman–Crippen LogP) is -2.00. The first-order valence-electron chi connectivity index (χ1n) is 9.36. The van der Waals surface area contributed by atoms with Crippen LogP contribution in [-0.2, 0) is 16.1 Å². The molecule has 0 aromatic heterocycles. The summed E-state index contributed by atoms with van der Waals surface area (Å²) in [6, 6.07) is 10.1. The molecule has 0 spiro atoms. The standard InChI is InChI=1S/C19H30N4O2/c1-3-9-20-19(25)16(2)21-18(24)15-23-12-10-22(11-13-23)14-17-7-5-4-6-8-17/h4-8,16H,3,9-15H2,1-2H3,(H,20,25)(H,21,24)/p+2/t16-/m1/s1. The molecule has 6 nitrogen and oxygen atoms in total. The minimum absolute atomic E-state index is 0.0411. The summed E-state index contributed by atoms with van der Waals surface area (Å²) in [6.07, 6.45) is 0.895. The number of piperazine rings is 1. The zero-order valence-corrected chi connectivity index (χ0v) is 15.4. The van der Waals surface area contributed by atoms with Crippen molar-refractivity contribution in [3.63, 3.8) is 0 Å². The number of carbonyl (C=O) groups is 2. The molecular formula is C19H32N4O2+2. The Bertz CT molecular complexity index is 542. The van der Waals surface area contributed by atoms with Gasteiger partial charge in [-0.05, 0) is 13.3 Å². The van der Waals surface area contributed by atoms with Crippen LogP contribution in [-0.4, -0.2) is 57.1 Å². The lowest BCUT2D eigenvalue weighted by molar-refractivity contribution is -1.02. The Morgan fingerprint density at radius 2 is 1.72 bits per heavy atom. The Hall–Kier alpha value is -1.92. The number of nitrogens with one attached hydrogen (secondary N) is 4. The number of amides is 2. The number of quaternary nitrogens is 2. The van der Waals surface area contributed by atoms with Gasteiger partial charge in [-0.1, -0.05) is 37.3 Å². The van der Waals surface area contributed by atoms with E-state index in [1.54, 1.807) is 11.8 Å². The SMILES string of the molecule is CCCNC(=O)[C@@H](C)NC(=O)C[NH+]1CC[NH+](Cc2ccccc2)CC1. The van der Waals surface area contributed by atoms with Crippen LogP contribution in [0.3, 0.4) is 0 Å². The van der Waals surface area contributed by atoms with Gasteiger partial charge in [0.15, 0.2) is 6.54 Å². The highest BCUT2D eigenvalue weighted by Crippen LogP contribution is 1.95. The molecule has 0 aliphatic carbocycles. The maximum atomic E-state index is 12.2. The number of rotatable bonds is 8. The van der Waals surface area contributed by atoms with Crippen LogP contribution in [0.5, 0.6) is 0 Å². The van der Waals surface area contributed by atoms with E-state index in [2.05, 4.69) is 34.9 Å². The third kappa shape index (κ3) is 6.84. The second-order valence-corrected chi connectivity index (χ2v) is 6.92. The van der Waals surface area contributed by atoms with Gasteiger partial charge in [0.05, 0.1) is 0 Å². The summed E-state index contributed by atoms with van der Waals surface area (Å²) < 4.78 is 0. The van der Waals surface area contributed by atoms with Crippen molar-refractivity contribution in [3.8, 4) is 0 Å². The van der Waals surface area contributed by atoms with Crippen molar-refractivity contribution in [1.82, 2.24) is 10.6 Å². The molecule has 1 aliphatic rings. The molecule has 1 atom stereocenters. The van der Waals surface area contributed by atoms with Crippen LogP contribution in [0.4, 0.5) is 0 Å². The molecule has 1 saturated heterocycles. The third-order valence-corrected chi connectivity index (χ3v) is 4.69. The summed E-state index contributed by atoms with van der Waals surface area (Å²) in [5, 5.41) is 5.61. The molecule has 1 aromatic rings. The van der Waals surface area contributed by atoms with Gasteiger partial charge in [-0.2, -0.15) is 0 Å². The van der Waals surface area contributed by atoms with E-state index < -0.39 is 6.04 Å². The highest BCUT2D eigenvalue weighted by atomic mass is 16.2. The monoisotopic (exact) mass is 348 g/mol. The summed E-state index contributed by atoms with van der Waals surface area (Å²) in [4.78, 5) is 26.8. The van der Waals surface area contributed by atoms with Gasteiger partial charge in [-0.15, -0.1) is 0 Å². The molecule has 2 amide bonds. The van der Waals surface area contributed by atoms with Crippen molar-refractivity contribution in [2.24, 2.45) is 0 Å². The molecule has 1 heterocycles. The molecule has 0 saturated carbocycles. The van der Waals surface area contributed by atoms with E-state index in [4.69, 9.17) is 0 Å². The molecule has 0 unspecified atom stereocenters. The molecule has 2 rings (SSSR count). The van der Waals surface area contributed by atoms with Crippen LogP contribution in [0.1, 0.15) is 25.8 Å². The van der Waals surface area contributed by atoms with Gasteiger partial charge in [0, 0.05) is 12.1 Å². The summed E-state index contributed by atoms with van der Waals surface area (Å²) in [6.45, 7) is 10.0. The lowest BCUT2D eigenvalue weighted by atomic mass is 10.2. The summed E-state index contributed by atoms with van der Waals surface area (Å²) in [5.41, 5.74) is 1.37. The molecule has 0 radical (unpaired) electrons. The van der Waals surface area contributed by atoms with E-state index in [1.807, 2.05) is 13.0 Å². The summed E-state index contributed by atoms with van der Waals surface area (Å²) >= 11 is 0. The fourth-order valence-corrected chi connectivity index (χ4v) is 3.18. The first-order chi connectivity index (χ1) is 12.1. The number of hydrogen-bond acceptors (Lipinski definition) is 2. The molecule has 4 N–H and O–H groups in total. The minimum atomic E-state index is -0.469. The molecule has 0 bridgehead atoms. The van der Waals surface area contributed by atoms with Gasteiger partial charge in [0.1, 0.15) is 38.8 Å². The molecule has 1 fully saturated rings. The normalized spacial score (nSPS) is 21.4. The van der Waals surface area contributed by atoms with E-state index in [1.165, 1.54) is 10.5 Å². The maximum Gasteiger partial charge on any atom is 0.275 e. The molecule has 25 heavy (non-hydrogen) atoms. The fraction of sp³-hybridized carbons (Fsp3) is 0.579. The fourth-order valence-electron chi connectivity index (χ4n) is 3.18. The number of carbonyl (C=O) groups excluding carboxylic acids is 2. The van der Waals surface area contributed by atoms with E-state index in [9.17, 15) is 9.59 Å². The van der Waals surface area contributed by atoms with Crippen LogP contribution in [0.15, 0.2) is 30.3 Å². The second kappa shape index (κ2) is 10.2. The topological polar surface area (TPSA) is 67.1 Å². The van der Waals surface area contributed by atoms with Crippen molar-refractivity contribution in [1.29, 1.82) is 0 Å². The Balaban J connectivity index is 1.67. The lowest BCUT2D eigenvalue weighted by Gasteiger charge is -2.29. The van der Waals surface area contributed by atoms with Crippen LogP contribution in [0, 0.1) is 0 Å². The first kappa shape index (κ1) is 19.4. The quantitative estimate of drug-likeness (QED) is 0.439. The molecule has 1 aromatic carbocycles. The highest BCUT2D eigenvalue weighted by Gasteiger charge is 2.25. The van der Waals surface area contributed by atoms with Crippen molar-refractivity contribution in [2.75, 3.05) is 39.3 Å². The smallest absolute Gasteiger partial charge is 0.275 e. The van der Waals surface area contributed by atoms with Gasteiger partial charge in [0.25, 0.3) is 5.91 Å². The maximum absolute atomic E-state index is 12.2. The van der Waals surface area contributed by atoms with E-state index in [0.29, 0.717) is 13.1 Å². The van der Waals surface area contributed by atoms with Crippen molar-refractivity contribution >= 4 is 11.8 Å². The molecule has 6 heteroatoms. The number of hydrogen-bond donors (Lipinski definition) is 4. The van der Waals surface area contributed by atoms with Gasteiger partial charge in [-0.25, -0.2) is 0 Å². The average Bonchev–Trinajstić information content (AvgIpc) is 2.62. The Morgan fingerprint density at radius 1 is 1.08 bits per heavy atom. The lowest BCUT2D eigenvalue weighted by Crippen LogP contribution is -3.28. The van der Waals surface area contributed by atoms with Gasteiger partial charge >= 0.3 is 0 Å². The molecule has 1 aliphatic heterocycles. The zero-order chi connectivity index (χ0) is 18.1. The van der Waals surface area contributed by atoms with Crippen LogP contribution in [0.25, 0.3) is 0 Å². The molecular weight excluding hydrogens is 316 g/mol. The van der Waals surface area contributed by atoms with Crippen molar-refractivity contribution in [2.45, 2.75) is 32.9 Å². The largest absolute Gasteiger partial charge is 0.354 e. The average molecular weight is 348 g/mol. The van der Waals surface area contributed by atoms with E-state index in [-0.39, 0.29) is 11.8 Å². The van der Waals surface area contributed by atoms with E-state index >= 15 is 0 Å². The second-order valence-electron chi connectivity index (χ2n) is 6.92. The van der Waals surface area contributed by atoms with Gasteiger partial charge in [-0.3, -0.25) is 9.59 Å². The minimum Gasteiger partial charge on any atom is -0.354 e. The van der Waals surface area contributed by atoms with Crippen LogP contribution < -0.4 is 20.4 Å².